The Hall–Kier alpha value is -3.48. The van der Waals surface area contributed by atoms with Gasteiger partial charge in [-0.2, -0.15) is 5.26 Å². The maximum Gasteiger partial charge on any atom is 0.177 e. The van der Waals surface area contributed by atoms with Crippen LogP contribution in [0.15, 0.2) is 67.0 Å². The van der Waals surface area contributed by atoms with Crippen molar-refractivity contribution in [2.24, 2.45) is 5.92 Å². The third-order valence-electron chi connectivity index (χ3n) is 7.62. The van der Waals surface area contributed by atoms with Crippen LogP contribution in [-0.2, 0) is 11.2 Å². The average Bonchev–Trinajstić information content (AvgIpc) is 3.28. The van der Waals surface area contributed by atoms with Gasteiger partial charge < -0.3 is 29.7 Å². The fourth-order valence-electron chi connectivity index (χ4n) is 6.15. The number of hydrogen-bond donors (Lipinski definition) is 3. The Bertz CT molecular complexity index is 1280. The molecule has 2 aliphatic rings. The maximum atomic E-state index is 12.7. The van der Waals surface area contributed by atoms with Crippen molar-refractivity contribution in [3.05, 3.63) is 89.2 Å². The smallest absolute Gasteiger partial charge is 0.177 e. The molecule has 0 amide bonds. The van der Waals surface area contributed by atoms with Crippen LogP contribution in [0.5, 0.6) is 11.5 Å². The van der Waals surface area contributed by atoms with E-state index in [0.29, 0.717) is 41.3 Å². The van der Waals surface area contributed by atoms with Crippen LogP contribution >= 0.6 is 0 Å². The number of pyridine rings is 1. The van der Waals surface area contributed by atoms with E-state index in [1.165, 1.54) is 19.5 Å². The monoisotopic (exact) mass is 487 g/mol. The lowest BCUT2D eigenvalue weighted by atomic mass is 9.70. The van der Waals surface area contributed by atoms with Gasteiger partial charge in [-0.3, -0.25) is 4.98 Å². The summed E-state index contributed by atoms with van der Waals surface area (Å²) in [7, 11) is 3.36. The number of nitrogens with zero attached hydrogens (tertiary/aromatic N) is 3. The highest BCUT2D eigenvalue weighted by atomic mass is 16.5. The fourth-order valence-corrected chi connectivity index (χ4v) is 6.15. The number of aromatic nitrogens is 1. The minimum absolute atomic E-state index is 0.0286. The number of ether oxygens (including phenoxy) is 2. The molecule has 5 rings (SSSR count). The van der Waals surface area contributed by atoms with Crippen molar-refractivity contribution in [1.29, 1.82) is 5.26 Å². The third kappa shape index (κ3) is 3.32. The second-order valence-corrected chi connectivity index (χ2v) is 9.49. The molecule has 1 saturated carbocycles. The molecule has 2 unspecified atom stereocenters. The van der Waals surface area contributed by atoms with Crippen LogP contribution in [0.1, 0.15) is 28.2 Å². The minimum atomic E-state index is -1.89. The lowest BCUT2D eigenvalue weighted by molar-refractivity contribution is -0.152. The summed E-state index contributed by atoms with van der Waals surface area (Å²) in [4.78, 5) is 6.17. The molecule has 0 saturated heterocycles. The van der Waals surface area contributed by atoms with Crippen molar-refractivity contribution in [2.75, 3.05) is 33.9 Å². The molecular weight excluding hydrogens is 458 g/mol. The molecule has 1 aliphatic carbocycles. The molecule has 8 heteroatoms. The highest BCUT2D eigenvalue weighted by molar-refractivity contribution is 5.59. The molecule has 0 bridgehead atoms. The first-order chi connectivity index (χ1) is 17.4. The SMILES string of the molecule is COc1cncc2c1[C@]1(O)[C@H](O)[C@H](CN(C)CCO)C(c3ccccc3)C1(c1ccc(C#N)cc1)O2. The summed E-state index contributed by atoms with van der Waals surface area (Å²) in [5.41, 5.74) is -0.991. The fraction of sp³-hybridized carbons (Fsp3) is 0.357. The van der Waals surface area contributed by atoms with Crippen molar-refractivity contribution in [3.8, 4) is 17.6 Å². The zero-order chi connectivity index (χ0) is 25.5. The number of likely N-dealkylation sites (N-methyl/N-ethyl adjacent to an activating group) is 1. The van der Waals surface area contributed by atoms with Gasteiger partial charge in [-0.05, 0) is 30.3 Å². The summed E-state index contributed by atoms with van der Waals surface area (Å²) in [6.45, 7) is 0.782. The van der Waals surface area contributed by atoms with E-state index in [0.717, 1.165) is 5.56 Å². The van der Waals surface area contributed by atoms with Gasteiger partial charge in [0.15, 0.2) is 11.2 Å². The van der Waals surface area contributed by atoms with Gasteiger partial charge in [0.1, 0.15) is 11.5 Å². The van der Waals surface area contributed by atoms with E-state index in [9.17, 15) is 20.6 Å². The van der Waals surface area contributed by atoms with Gasteiger partial charge in [-0.15, -0.1) is 0 Å². The molecule has 8 nitrogen and oxygen atoms in total. The van der Waals surface area contributed by atoms with Crippen LogP contribution in [0.4, 0.5) is 0 Å². The highest BCUT2D eigenvalue weighted by Gasteiger charge is 2.76. The topological polar surface area (TPSA) is 119 Å². The molecule has 0 spiro atoms. The Morgan fingerprint density at radius 1 is 1.14 bits per heavy atom. The lowest BCUT2D eigenvalue weighted by Crippen LogP contribution is -2.52. The van der Waals surface area contributed by atoms with E-state index in [-0.39, 0.29) is 6.61 Å². The van der Waals surface area contributed by atoms with E-state index < -0.39 is 29.1 Å². The van der Waals surface area contributed by atoms with Gasteiger partial charge in [0.05, 0.1) is 49.4 Å². The number of hydrogen-bond acceptors (Lipinski definition) is 8. The second-order valence-electron chi connectivity index (χ2n) is 9.49. The summed E-state index contributed by atoms with van der Waals surface area (Å²) in [6.07, 6.45) is 1.78. The molecular formula is C28H29N3O5. The zero-order valence-corrected chi connectivity index (χ0v) is 20.2. The molecule has 186 valence electrons. The predicted molar refractivity (Wildman–Crippen MR) is 131 cm³/mol. The summed E-state index contributed by atoms with van der Waals surface area (Å²) in [5.74, 6) is -0.315. The van der Waals surface area contributed by atoms with Gasteiger partial charge in [0, 0.05) is 24.9 Å². The molecule has 5 atom stereocenters. The van der Waals surface area contributed by atoms with Crippen LogP contribution in [0.3, 0.4) is 0 Å². The van der Waals surface area contributed by atoms with Gasteiger partial charge in [-0.25, -0.2) is 0 Å². The van der Waals surface area contributed by atoms with Gasteiger partial charge >= 0.3 is 0 Å². The average molecular weight is 488 g/mol. The number of fused-ring (bicyclic) bond motifs is 3. The summed E-state index contributed by atoms with van der Waals surface area (Å²) >= 11 is 0. The van der Waals surface area contributed by atoms with Crippen molar-refractivity contribution < 1.29 is 24.8 Å². The summed E-state index contributed by atoms with van der Waals surface area (Å²) in [6, 6.07) is 18.8. The van der Waals surface area contributed by atoms with Crippen molar-refractivity contribution in [1.82, 2.24) is 9.88 Å². The van der Waals surface area contributed by atoms with Crippen LogP contribution in [-0.4, -0.2) is 65.2 Å². The number of nitriles is 1. The van der Waals surface area contributed by atoms with E-state index >= 15 is 0 Å². The van der Waals surface area contributed by atoms with Gasteiger partial charge in [0.25, 0.3) is 0 Å². The molecule has 36 heavy (non-hydrogen) atoms. The molecule has 0 radical (unpaired) electrons. The van der Waals surface area contributed by atoms with Crippen LogP contribution in [0, 0.1) is 17.2 Å². The lowest BCUT2D eigenvalue weighted by Gasteiger charge is -2.41. The summed E-state index contributed by atoms with van der Waals surface area (Å²) < 4.78 is 12.3. The first-order valence-corrected chi connectivity index (χ1v) is 11.9. The van der Waals surface area contributed by atoms with E-state index in [2.05, 4.69) is 11.1 Å². The maximum absolute atomic E-state index is 12.7. The Kier molecular flexibility index (Phi) is 6.18. The molecule has 2 heterocycles. The van der Waals surface area contributed by atoms with Crippen molar-refractivity contribution >= 4 is 0 Å². The molecule has 1 aromatic heterocycles. The first-order valence-electron chi connectivity index (χ1n) is 11.9. The number of rotatable bonds is 7. The molecule has 1 aliphatic heterocycles. The molecule has 1 fully saturated rings. The van der Waals surface area contributed by atoms with E-state index in [1.807, 2.05) is 42.3 Å². The van der Waals surface area contributed by atoms with Crippen LogP contribution < -0.4 is 9.47 Å². The Balaban J connectivity index is 1.81. The normalized spacial score (nSPS) is 28.3. The largest absolute Gasteiger partial charge is 0.495 e. The summed E-state index contributed by atoms with van der Waals surface area (Å²) in [5, 5.41) is 43.6. The number of methoxy groups -OCH3 is 1. The van der Waals surface area contributed by atoms with E-state index in [1.54, 1.807) is 24.3 Å². The van der Waals surface area contributed by atoms with Crippen LogP contribution in [0.2, 0.25) is 0 Å². The Morgan fingerprint density at radius 2 is 1.86 bits per heavy atom. The van der Waals surface area contributed by atoms with Crippen molar-refractivity contribution in [2.45, 2.75) is 23.2 Å². The molecule has 3 N–H and O–H groups in total. The standard InChI is InChI=1S/C28H29N3O5/c1-31(12-13-32)17-21-24(19-6-4-3-5-7-19)28(20-10-8-18(14-29)9-11-20)27(34,26(21)33)25-22(35-2)15-30-16-23(25)36-28/h3-11,15-16,21,24,26,32-34H,12-13,17H2,1-2H3/t21-,24?,26-,27+,28?/m1/s1. The second kappa shape index (κ2) is 9.19. The number of aliphatic hydroxyl groups excluding tert-OH is 2. The Morgan fingerprint density at radius 3 is 2.50 bits per heavy atom. The van der Waals surface area contributed by atoms with Gasteiger partial charge in [-0.1, -0.05) is 42.5 Å². The van der Waals surface area contributed by atoms with Gasteiger partial charge in [0.2, 0.25) is 0 Å². The Labute approximate surface area is 210 Å². The number of benzene rings is 2. The molecule has 3 aromatic rings. The first kappa shape index (κ1) is 24.2. The predicted octanol–water partition coefficient (Wildman–Crippen LogP) is 2.14. The van der Waals surface area contributed by atoms with Crippen LogP contribution in [0.25, 0.3) is 0 Å². The highest BCUT2D eigenvalue weighted by Crippen LogP contribution is 2.69. The number of aliphatic hydroxyl groups is 3. The minimum Gasteiger partial charge on any atom is -0.495 e. The van der Waals surface area contributed by atoms with Crippen molar-refractivity contribution in [3.63, 3.8) is 0 Å². The quantitative estimate of drug-likeness (QED) is 0.464. The zero-order valence-electron chi connectivity index (χ0n) is 20.2. The molecule has 2 aromatic carbocycles. The third-order valence-corrected chi connectivity index (χ3v) is 7.62. The van der Waals surface area contributed by atoms with E-state index in [4.69, 9.17) is 9.47 Å².